The van der Waals surface area contributed by atoms with Crippen molar-refractivity contribution in [2.45, 2.75) is 62.8 Å². The van der Waals surface area contributed by atoms with E-state index >= 15 is 0 Å². The lowest BCUT2D eigenvalue weighted by Crippen LogP contribution is -2.55. The molecule has 150 valence electrons. The van der Waals surface area contributed by atoms with Crippen molar-refractivity contribution in [2.24, 2.45) is 11.8 Å². The fourth-order valence-electron chi connectivity index (χ4n) is 4.71. The van der Waals surface area contributed by atoms with Gasteiger partial charge in [0.1, 0.15) is 5.52 Å². The topological polar surface area (TPSA) is 84.2 Å². The number of aromatic nitrogens is 1. The van der Waals surface area contributed by atoms with E-state index in [0.29, 0.717) is 23.5 Å². The van der Waals surface area contributed by atoms with Crippen molar-refractivity contribution in [2.75, 3.05) is 5.75 Å². The van der Waals surface area contributed by atoms with Crippen LogP contribution in [0, 0.1) is 11.8 Å². The summed E-state index contributed by atoms with van der Waals surface area (Å²) in [5.74, 6) is 1.48. The average Bonchev–Trinajstić information content (AvgIpc) is 3.09. The first-order valence-corrected chi connectivity index (χ1v) is 11.2. The van der Waals surface area contributed by atoms with Crippen LogP contribution < -0.4 is 10.6 Å². The number of oxazole rings is 1. The number of para-hydroxylation sites is 2. The Morgan fingerprint density at radius 1 is 1.36 bits per heavy atom. The zero-order valence-electron chi connectivity index (χ0n) is 16.1. The summed E-state index contributed by atoms with van der Waals surface area (Å²) in [4.78, 5) is 28.8. The van der Waals surface area contributed by atoms with E-state index in [1.807, 2.05) is 24.3 Å². The highest BCUT2D eigenvalue weighted by Gasteiger charge is 2.40. The Balaban J connectivity index is 1.28. The van der Waals surface area contributed by atoms with Crippen LogP contribution in [0.2, 0.25) is 0 Å². The van der Waals surface area contributed by atoms with Crippen LogP contribution in [0.4, 0.5) is 0 Å². The Kier molecular flexibility index (Phi) is 5.90. The molecule has 1 aliphatic heterocycles. The minimum absolute atomic E-state index is 0.0112. The lowest BCUT2D eigenvalue weighted by molar-refractivity contribution is -0.127. The van der Waals surface area contributed by atoms with Crippen LogP contribution in [0.3, 0.4) is 0 Å². The second-order valence-corrected chi connectivity index (χ2v) is 8.83. The molecule has 28 heavy (non-hydrogen) atoms. The summed E-state index contributed by atoms with van der Waals surface area (Å²) in [6, 6.07) is 7.90. The number of rotatable bonds is 6. The molecule has 7 heteroatoms. The van der Waals surface area contributed by atoms with Crippen molar-refractivity contribution in [3.8, 4) is 0 Å². The molecule has 6 nitrogen and oxygen atoms in total. The number of piperidine rings is 1. The second-order valence-electron chi connectivity index (χ2n) is 7.90. The number of hydrogen-bond acceptors (Lipinski definition) is 5. The van der Waals surface area contributed by atoms with Gasteiger partial charge in [-0.3, -0.25) is 9.59 Å². The van der Waals surface area contributed by atoms with E-state index in [0.717, 1.165) is 43.2 Å². The van der Waals surface area contributed by atoms with Crippen LogP contribution in [-0.4, -0.2) is 34.6 Å². The van der Waals surface area contributed by atoms with E-state index in [1.54, 1.807) is 0 Å². The highest BCUT2D eigenvalue weighted by Crippen LogP contribution is 2.37. The number of nitrogens with zero attached hydrogens (tertiary/aromatic N) is 1. The third kappa shape index (κ3) is 4.35. The van der Waals surface area contributed by atoms with Crippen LogP contribution in [0.5, 0.6) is 0 Å². The fourth-order valence-corrected chi connectivity index (χ4v) is 5.36. The molecule has 1 aliphatic carbocycles. The van der Waals surface area contributed by atoms with Crippen molar-refractivity contribution < 1.29 is 14.0 Å². The lowest BCUT2D eigenvalue weighted by Gasteiger charge is -2.44. The molecule has 0 bridgehead atoms. The summed E-state index contributed by atoms with van der Waals surface area (Å²) in [5, 5.41) is 6.82. The summed E-state index contributed by atoms with van der Waals surface area (Å²) in [7, 11) is 0. The molecule has 2 N–H and O–H groups in total. The number of carbonyl (C=O) groups is 2. The number of amides is 2. The maximum absolute atomic E-state index is 12.4. The van der Waals surface area contributed by atoms with Gasteiger partial charge in [0.05, 0.1) is 5.75 Å². The SMILES string of the molecule is CCCC1CC(=O)NC2CC(NC(=O)CSc3nc4ccccc4o3)CCC12. The minimum Gasteiger partial charge on any atom is -0.431 e. The van der Waals surface area contributed by atoms with Crippen molar-refractivity contribution in [1.82, 2.24) is 15.6 Å². The van der Waals surface area contributed by atoms with Crippen molar-refractivity contribution in [3.05, 3.63) is 24.3 Å². The normalized spacial score (nSPS) is 27.2. The zero-order chi connectivity index (χ0) is 19.5. The van der Waals surface area contributed by atoms with Crippen LogP contribution in [0.15, 0.2) is 33.9 Å². The molecule has 1 saturated carbocycles. The third-order valence-electron chi connectivity index (χ3n) is 5.93. The predicted molar refractivity (Wildman–Crippen MR) is 109 cm³/mol. The Morgan fingerprint density at radius 2 is 2.21 bits per heavy atom. The van der Waals surface area contributed by atoms with Gasteiger partial charge in [0.25, 0.3) is 5.22 Å². The number of thioether (sulfide) groups is 1. The summed E-state index contributed by atoms with van der Waals surface area (Å²) >= 11 is 1.31. The number of hydrogen-bond donors (Lipinski definition) is 2. The summed E-state index contributed by atoms with van der Waals surface area (Å²) in [5.41, 5.74) is 1.54. The first-order chi connectivity index (χ1) is 13.6. The molecule has 2 aliphatic rings. The van der Waals surface area contributed by atoms with Crippen molar-refractivity contribution in [3.63, 3.8) is 0 Å². The Morgan fingerprint density at radius 3 is 3.04 bits per heavy atom. The van der Waals surface area contributed by atoms with Gasteiger partial charge in [-0.2, -0.15) is 0 Å². The smallest absolute Gasteiger partial charge is 0.257 e. The molecular weight excluding hydrogens is 374 g/mol. The van der Waals surface area contributed by atoms with Gasteiger partial charge in [-0.15, -0.1) is 0 Å². The predicted octanol–water partition coefficient (Wildman–Crippen LogP) is 3.51. The van der Waals surface area contributed by atoms with E-state index in [1.165, 1.54) is 11.8 Å². The molecule has 2 heterocycles. The molecule has 4 rings (SSSR count). The standard InChI is InChI=1S/C21H27N3O3S/c1-2-5-13-10-19(25)23-17-11-14(8-9-15(13)17)22-20(26)12-28-21-24-16-6-3-4-7-18(16)27-21/h3-4,6-7,13-15,17H,2,5,8-12H2,1H3,(H,22,26)(H,23,25). The average molecular weight is 402 g/mol. The summed E-state index contributed by atoms with van der Waals surface area (Å²) in [6.07, 6.45) is 5.78. The van der Waals surface area contributed by atoms with E-state index < -0.39 is 0 Å². The number of carbonyl (C=O) groups excluding carboxylic acids is 2. The zero-order valence-corrected chi connectivity index (χ0v) is 17.0. The van der Waals surface area contributed by atoms with E-state index in [-0.39, 0.29) is 29.7 Å². The molecular formula is C21H27N3O3S. The molecule has 1 aromatic heterocycles. The van der Waals surface area contributed by atoms with Gasteiger partial charge in [-0.25, -0.2) is 4.98 Å². The maximum Gasteiger partial charge on any atom is 0.257 e. The molecule has 0 spiro atoms. The highest BCUT2D eigenvalue weighted by molar-refractivity contribution is 7.99. The van der Waals surface area contributed by atoms with Gasteiger partial charge in [0.15, 0.2) is 5.58 Å². The molecule has 2 fully saturated rings. The van der Waals surface area contributed by atoms with Crippen molar-refractivity contribution in [1.29, 1.82) is 0 Å². The molecule has 0 radical (unpaired) electrons. The minimum atomic E-state index is -0.0112. The van der Waals surface area contributed by atoms with Gasteiger partial charge in [0, 0.05) is 18.5 Å². The largest absolute Gasteiger partial charge is 0.431 e. The fraction of sp³-hybridized carbons (Fsp3) is 0.571. The number of fused-ring (bicyclic) bond motifs is 2. The maximum atomic E-state index is 12.4. The molecule has 4 unspecified atom stereocenters. The number of nitrogens with one attached hydrogen (secondary N) is 2. The van der Waals surface area contributed by atoms with E-state index in [9.17, 15) is 9.59 Å². The molecule has 2 aromatic rings. The van der Waals surface area contributed by atoms with Gasteiger partial charge in [-0.05, 0) is 49.7 Å². The summed E-state index contributed by atoms with van der Waals surface area (Å²) < 4.78 is 5.65. The highest BCUT2D eigenvalue weighted by atomic mass is 32.2. The summed E-state index contributed by atoms with van der Waals surface area (Å²) in [6.45, 7) is 2.18. The molecule has 1 saturated heterocycles. The van der Waals surface area contributed by atoms with Gasteiger partial charge < -0.3 is 15.1 Å². The van der Waals surface area contributed by atoms with E-state index in [2.05, 4.69) is 22.5 Å². The Hall–Kier alpha value is -2.02. The van der Waals surface area contributed by atoms with Crippen LogP contribution in [-0.2, 0) is 9.59 Å². The Labute approximate surface area is 169 Å². The lowest BCUT2D eigenvalue weighted by atomic mass is 9.70. The van der Waals surface area contributed by atoms with Gasteiger partial charge in [-0.1, -0.05) is 37.2 Å². The van der Waals surface area contributed by atoms with Crippen LogP contribution >= 0.6 is 11.8 Å². The monoisotopic (exact) mass is 401 g/mol. The van der Waals surface area contributed by atoms with Crippen LogP contribution in [0.25, 0.3) is 11.1 Å². The molecule has 1 aromatic carbocycles. The van der Waals surface area contributed by atoms with E-state index in [4.69, 9.17) is 4.42 Å². The molecule has 2 amide bonds. The Bertz CT molecular complexity index is 819. The second kappa shape index (κ2) is 8.55. The number of benzene rings is 1. The molecule has 4 atom stereocenters. The van der Waals surface area contributed by atoms with Crippen molar-refractivity contribution >= 4 is 34.7 Å². The third-order valence-corrected chi connectivity index (χ3v) is 6.76. The first kappa shape index (κ1) is 19.3. The quantitative estimate of drug-likeness (QED) is 0.724. The van der Waals surface area contributed by atoms with Crippen LogP contribution in [0.1, 0.15) is 45.4 Å². The van der Waals surface area contributed by atoms with Gasteiger partial charge in [0.2, 0.25) is 11.8 Å². The van der Waals surface area contributed by atoms with Gasteiger partial charge >= 0.3 is 0 Å². The first-order valence-electron chi connectivity index (χ1n) is 10.2.